The van der Waals surface area contributed by atoms with Crippen molar-refractivity contribution in [3.8, 4) is 5.75 Å². The quantitative estimate of drug-likeness (QED) is 0.848. The number of aliphatic hydroxyl groups excluding tert-OH is 1. The van der Waals surface area contributed by atoms with E-state index in [2.05, 4.69) is 26.0 Å². The number of rotatable bonds is 6. The SMILES string of the molecule is CC(O)CNCc1ccc(OC(F)F)c(Br)c1. The van der Waals surface area contributed by atoms with Crippen LogP contribution in [0.3, 0.4) is 0 Å². The Morgan fingerprint density at radius 1 is 1.47 bits per heavy atom. The summed E-state index contributed by atoms with van der Waals surface area (Å²) in [5, 5.41) is 12.1. The molecule has 1 atom stereocenters. The molecule has 6 heteroatoms. The van der Waals surface area contributed by atoms with Gasteiger partial charge in [0.05, 0.1) is 10.6 Å². The van der Waals surface area contributed by atoms with Crippen LogP contribution in [0.5, 0.6) is 5.75 Å². The molecule has 0 aliphatic carbocycles. The number of halogens is 3. The van der Waals surface area contributed by atoms with Crippen LogP contribution in [0.25, 0.3) is 0 Å². The molecule has 0 aliphatic rings. The van der Waals surface area contributed by atoms with Crippen LogP contribution in [0.15, 0.2) is 22.7 Å². The molecule has 0 spiro atoms. The molecule has 0 radical (unpaired) electrons. The fourth-order valence-electron chi connectivity index (χ4n) is 1.27. The second-order valence-corrected chi connectivity index (χ2v) is 4.48. The zero-order chi connectivity index (χ0) is 12.8. The minimum absolute atomic E-state index is 0.110. The van der Waals surface area contributed by atoms with Crippen molar-refractivity contribution in [3.63, 3.8) is 0 Å². The number of hydrogen-bond acceptors (Lipinski definition) is 3. The van der Waals surface area contributed by atoms with Gasteiger partial charge in [0.1, 0.15) is 5.75 Å². The summed E-state index contributed by atoms with van der Waals surface area (Å²) in [6, 6.07) is 4.87. The van der Waals surface area contributed by atoms with Gasteiger partial charge in [-0.25, -0.2) is 0 Å². The molecular formula is C11H14BrF2NO2. The van der Waals surface area contributed by atoms with E-state index in [4.69, 9.17) is 5.11 Å². The Labute approximate surface area is 107 Å². The lowest BCUT2D eigenvalue weighted by Gasteiger charge is -2.10. The molecule has 1 aromatic carbocycles. The third-order valence-corrected chi connectivity index (χ3v) is 2.60. The van der Waals surface area contributed by atoms with Crippen molar-refractivity contribution in [3.05, 3.63) is 28.2 Å². The number of benzene rings is 1. The third-order valence-electron chi connectivity index (χ3n) is 1.98. The van der Waals surface area contributed by atoms with E-state index in [-0.39, 0.29) is 5.75 Å². The molecule has 1 aromatic rings. The van der Waals surface area contributed by atoms with Crippen LogP contribution in [0, 0.1) is 0 Å². The minimum atomic E-state index is -2.83. The summed E-state index contributed by atoms with van der Waals surface area (Å²) >= 11 is 3.16. The molecular weight excluding hydrogens is 296 g/mol. The van der Waals surface area contributed by atoms with Gasteiger partial charge in [0.15, 0.2) is 0 Å². The van der Waals surface area contributed by atoms with Gasteiger partial charge in [0.25, 0.3) is 0 Å². The van der Waals surface area contributed by atoms with Crippen molar-refractivity contribution >= 4 is 15.9 Å². The van der Waals surface area contributed by atoms with Gasteiger partial charge in [0, 0.05) is 13.1 Å². The molecule has 0 fully saturated rings. The lowest BCUT2D eigenvalue weighted by molar-refractivity contribution is -0.0503. The fraction of sp³-hybridized carbons (Fsp3) is 0.455. The topological polar surface area (TPSA) is 41.5 Å². The van der Waals surface area contributed by atoms with Gasteiger partial charge in [-0.1, -0.05) is 6.07 Å². The van der Waals surface area contributed by atoms with E-state index in [0.29, 0.717) is 17.6 Å². The first-order valence-electron chi connectivity index (χ1n) is 5.11. The number of hydrogen-bond donors (Lipinski definition) is 2. The lowest BCUT2D eigenvalue weighted by Crippen LogP contribution is -2.23. The minimum Gasteiger partial charge on any atom is -0.434 e. The summed E-state index contributed by atoms with van der Waals surface area (Å²) in [4.78, 5) is 0. The summed E-state index contributed by atoms with van der Waals surface area (Å²) < 4.78 is 28.8. The smallest absolute Gasteiger partial charge is 0.387 e. The van der Waals surface area contributed by atoms with Crippen LogP contribution in [0.1, 0.15) is 12.5 Å². The van der Waals surface area contributed by atoms with E-state index >= 15 is 0 Å². The van der Waals surface area contributed by atoms with Crippen molar-refractivity contribution in [2.75, 3.05) is 6.54 Å². The highest BCUT2D eigenvalue weighted by molar-refractivity contribution is 9.10. The first kappa shape index (κ1) is 14.3. The van der Waals surface area contributed by atoms with Gasteiger partial charge in [-0.15, -0.1) is 0 Å². The maximum Gasteiger partial charge on any atom is 0.387 e. The highest BCUT2D eigenvalue weighted by atomic mass is 79.9. The predicted molar refractivity (Wildman–Crippen MR) is 64.2 cm³/mol. The number of nitrogens with one attached hydrogen (secondary N) is 1. The monoisotopic (exact) mass is 309 g/mol. The molecule has 0 aromatic heterocycles. The standard InChI is InChI=1S/C11H14BrF2NO2/c1-7(16)5-15-6-8-2-3-10(9(12)4-8)17-11(13)14/h2-4,7,11,15-16H,5-6H2,1H3. The zero-order valence-corrected chi connectivity index (χ0v) is 10.9. The van der Waals surface area contributed by atoms with E-state index < -0.39 is 12.7 Å². The lowest BCUT2D eigenvalue weighted by atomic mass is 10.2. The van der Waals surface area contributed by atoms with Gasteiger partial charge in [0.2, 0.25) is 0 Å². The van der Waals surface area contributed by atoms with Crippen molar-refractivity contribution in [2.24, 2.45) is 0 Å². The maximum absolute atomic E-state index is 12.0. The van der Waals surface area contributed by atoms with E-state index in [9.17, 15) is 8.78 Å². The van der Waals surface area contributed by atoms with E-state index in [1.807, 2.05) is 0 Å². The Morgan fingerprint density at radius 3 is 2.71 bits per heavy atom. The zero-order valence-electron chi connectivity index (χ0n) is 9.29. The first-order chi connectivity index (χ1) is 7.99. The first-order valence-corrected chi connectivity index (χ1v) is 5.90. The van der Waals surface area contributed by atoms with Gasteiger partial charge in [-0.2, -0.15) is 8.78 Å². The average Bonchev–Trinajstić information content (AvgIpc) is 2.21. The van der Waals surface area contributed by atoms with Crippen molar-refractivity contribution < 1.29 is 18.6 Å². The average molecular weight is 310 g/mol. The molecule has 0 bridgehead atoms. The third kappa shape index (κ3) is 5.43. The number of aliphatic hydroxyl groups is 1. The molecule has 2 N–H and O–H groups in total. The number of ether oxygens (including phenoxy) is 1. The summed E-state index contributed by atoms with van der Waals surface area (Å²) in [5.41, 5.74) is 0.916. The van der Waals surface area contributed by atoms with Crippen LogP contribution in [-0.2, 0) is 6.54 Å². The molecule has 0 amide bonds. The van der Waals surface area contributed by atoms with Gasteiger partial charge in [-0.05, 0) is 40.5 Å². The Morgan fingerprint density at radius 2 is 2.18 bits per heavy atom. The molecule has 0 aliphatic heterocycles. The number of alkyl halides is 2. The van der Waals surface area contributed by atoms with Gasteiger partial charge >= 0.3 is 6.61 Å². The van der Waals surface area contributed by atoms with Crippen LogP contribution >= 0.6 is 15.9 Å². The van der Waals surface area contributed by atoms with E-state index in [1.165, 1.54) is 6.07 Å². The van der Waals surface area contributed by atoms with Crippen molar-refractivity contribution in [2.45, 2.75) is 26.2 Å². The van der Waals surface area contributed by atoms with E-state index in [0.717, 1.165) is 5.56 Å². The molecule has 1 unspecified atom stereocenters. The summed E-state index contributed by atoms with van der Waals surface area (Å²) in [6.07, 6.45) is -0.417. The van der Waals surface area contributed by atoms with Crippen molar-refractivity contribution in [1.29, 1.82) is 0 Å². The largest absolute Gasteiger partial charge is 0.434 e. The van der Waals surface area contributed by atoms with Crippen LogP contribution in [0.2, 0.25) is 0 Å². The maximum atomic E-state index is 12.0. The normalized spacial score (nSPS) is 12.8. The Hall–Kier alpha value is -0.720. The van der Waals surface area contributed by atoms with E-state index in [1.54, 1.807) is 19.1 Å². The summed E-state index contributed by atoms with van der Waals surface area (Å²) in [7, 11) is 0. The molecule has 0 saturated carbocycles. The summed E-state index contributed by atoms with van der Waals surface area (Å²) in [5.74, 6) is 0.110. The molecule has 17 heavy (non-hydrogen) atoms. The molecule has 3 nitrogen and oxygen atoms in total. The van der Waals surface area contributed by atoms with Crippen LogP contribution in [0.4, 0.5) is 8.78 Å². The highest BCUT2D eigenvalue weighted by Crippen LogP contribution is 2.27. The van der Waals surface area contributed by atoms with Gasteiger partial charge < -0.3 is 15.2 Å². The van der Waals surface area contributed by atoms with Crippen LogP contribution in [-0.4, -0.2) is 24.4 Å². The van der Waals surface area contributed by atoms with Crippen LogP contribution < -0.4 is 10.1 Å². The summed E-state index contributed by atoms with van der Waals surface area (Å²) in [6.45, 7) is -0.112. The second-order valence-electron chi connectivity index (χ2n) is 3.62. The molecule has 0 heterocycles. The molecule has 96 valence electrons. The second kappa shape index (κ2) is 6.88. The van der Waals surface area contributed by atoms with Crippen molar-refractivity contribution in [1.82, 2.24) is 5.32 Å². The fourth-order valence-corrected chi connectivity index (χ4v) is 1.79. The highest BCUT2D eigenvalue weighted by Gasteiger charge is 2.08. The molecule has 0 saturated heterocycles. The van der Waals surface area contributed by atoms with Gasteiger partial charge in [-0.3, -0.25) is 0 Å². The Kier molecular flexibility index (Phi) is 5.80. The Balaban J connectivity index is 2.56. The molecule has 1 rings (SSSR count). The predicted octanol–water partition coefficient (Wildman–Crippen LogP) is 2.52. The Bertz CT molecular complexity index is 361.